The number of rotatable bonds is 4. The van der Waals surface area contributed by atoms with Gasteiger partial charge in [0, 0.05) is 31.6 Å². The van der Waals surface area contributed by atoms with E-state index >= 15 is 0 Å². The van der Waals surface area contributed by atoms with E-state index < -0.39 is 10.0 Å². The second-order valence-electron chi connectivity index (χ2n) is 5.81. The molecule has 1 aliphatic heterocycles. The Morgan fingerprint density at radius 2 is 1.83 bits per heavy atom. The Balaban J connectivity index is 1.61. The van der Waals surface area contributed by atoms with Crippen molar-refractivity contribution in [3.8, 4) is 0 Å². The fourth-order valence-corrected chi connectivity index (χ4v) is 4.68. The highest BCUT2D eigenvalue weighted by molar-refractivity contribution is 7.88. The molecule has 0 saturated carbocycles. The minimum Gasteiger partial charge on any atom is -0.335 e. The molecule has 0 spiro atoms. The molecule has 0 radical (unpaired) electrons. The van der Waals surface area contributed by atoms with Gasteiger partial charge in [-0.25, -0.2) is 13.4 Å². The Morgan fingerprint density at radius 3 is 2.42 bits per heavy atom. The predicted octanol–water partition coefficient (Wildman–Crippen LogP) is 1.74. The summed E-state index contributed by atoms with van der Waals surface area (Å²) >= 11 is 1.37. The topological polar surface area (TPSA) is 70.6 Å². The van der Waals surface area contributed by atoms with Gasteiger partial charge in [-0.3, -0.25) is 4.79 Å². The van der Waals surface area contributed by atoms with Gasteiger partial charge in [0.1, 0.15) is 5.69 Å². The lowest BCUT2D eigenvalue weighted by atomic mass is 10.2. The molecular formula is C16H19N3O3S2. The fourth-order valence-electron chi connectivity index (χ4n) is 2.64. The van der Waals surface area contributed by atoms with Crippen LogP contribution in [0.4, 0.5) is 0 Å². The quantitative estimate of drug-likeness (QED) is 0.827. The van der Waals surface area contributed by atoms with Gasteiger partial charge in [0.2, 0.25) is 10.0 Å². The molecule has 1 aromatic carbocycles. The van der Waals surface area contributed by atoms with Crippen LogP contribution >= 0.6 is 11.3 Å². The molecule has 0 bridgehead atoms. The van der Waals surface area contributed by atoms with Crippen molar-refractivity contribution in [2.75, 3.05) is 26.2 Å². The lowest BCUT2D eigenvalue weighted by Crippen LogP contribution is -2.50. The SMILES string of the molecule is Cc1ccc(CS(=O)(=O)N2CCN(C(=O)c3cscn3)CC2)cc1. The van der Waals surface area contributed by atoms with E-state index in [1.807, 2.05) is 31.2 Å². The van der Waals surface area contributed by atoms with Gasteiger partial charge in [0.05, 0.1) is 11.3 Å². The van der Waals surface area contributed by atoms with Crippen LogP contribution in [-0.4, -0.2) is 54.7 Å². The van der Waals surface area contributed by atoms with Gasteiger partial charge in [-0.2, -0.15) is 4.31 Å². The summed E-state index contributed by atoms with van der Waals surface area (Å²) in [5, 5.41) is 1.71. The first-order valence-corrected chi connectivity index (χ1v) is 10.2. The Hall–Kier alpha value is -1.77. The van der Waals surface area contributed by atoms with Crippen molar-refractivity contribution in [1.82, 2.24) is 14.2 Å². The maximum atomic E-state index is 12.6. The molecule has 1 saturated heterocycles. The normalized spacial score (nSPS) is 16.3. The average Bonchev–Trinajstić information content (AvgIpc) is 3.11. The van der Waals surface area contributed by atoms with Gasteiger partial charge in [-0.15, -0.1) is 11.3 Å². The summed E-state index contributed by atoms with van der Waals surface area (Å²) in [7, 11) is -3.37. The third kappa shape index (κ3) is 3.82. The summed E-state index contributed by atoms with van der Waals surface area (Å²) in [5.41, 5.74) is 3.93. The number of sulfonamides is 1. The Kier molecular flexibility index (Phi) is 4.98. The van der Waals surface area contributed by atoms with Crippen molar-refractivity contribution < 1.29 is 13.2 Å². The van der Waals surface area contributed by atoms with Gasteiger partial charge in [-0.1, -0.05) is 29.8 Å². The van der Waals surface area contributed by atoms with Crippen LogP contribution in [0.5, 0.6) is 0 Å². The molecule has 0 aliphatic carbocycles. The van der Waals surface area contributed by atoms with Crippen LogP contribution in [-0.2, 0) is 15.8 Å². The number of aryl methyl sites for hydroxylation is 1. The molecule has 128 valence electrons. The minimum atomic E-state index is -3.37. The summed E-state index contributed by atoms with van der Waals surface area (Å²) in [4.78, 5) is 17.9. The van der Waals surface area contributed by atoms with Gasteiger partial charge in [0.15, 0.2) is 0 Å². The molecule has 1 amide bonds. The molecule has 8 heteroatoms. The summed E-state index contributed by atoms with van der Waals surface area (Å²) < 4.78 is 26.6. The van der Waals surface area contributed by atoms with Crippen molar-refractivity contribution in [2.24, 2.45) is 0 Å². The molecular weight excluding hydrogens is 346 g/mol. The van der Waals surface area contributed by atoms with Crippen LogP contribution in [0.3, 0.4) is 0 Å². The van der Waals surface area contributed by atoms with Crippen molar-refractivity contribution in [2.45, 2.75) is 12.7 Å². The molecule has 0 unspecified atom stereocenters. The van der Waals surface area contributed by atoms with Crippen molar-refractivity contribution in [1.29, 1.82) is 0 Å². The molecule has 1 aliphatic rings. The number of hydrogen-bond acceptors (Lipinski definition) is 5. The van der Waals surface area contributed by atoms with Gasteiger partial charge < -0.3 is 4.90 Å². The maximum Gasteiger partial charge on any atom is 0.273 e. The van der Waals surface area contributed by atoms with Gasteiger partial charge >= 0.3 is 0 Å². The number of hydrogen-bond donors (Lipinski definition) is 0. The summed E-state index contributed by atoms with van der Waals surface area (Å²) in [6.07, 6.45) is 0. The molecule has 24 heavy (non-hydrogen) atoms. The van der Waals surface area contributed by atoms with Crippen molar-refractivity contribution in [3.05, 3.63) is 52.0 Å². The number of nitrogens with zero attached hydrogens (tertiary/aromatic N) is 3. The Morgan fingerprint density at radius 1 is 1.17 bits per heavy atom. The molecule has 2 heterocycles. The zero-order chi connectivity index (χ0) is 17.2. The van der Waals surface area contributed by atoms with Gasteiger partial charge in [0.25, 0.3) is 5.91 Å². The van der Waals surface area contributed by atoms with Crippen LogP contribution in [0, 0.1) is 6.92 Å². The average molecular weight is 365 g/mol. The number of benzene rings is 1. The highest BCUT2D eigenvalue weighted by atomic mass is 32.2. The van der Waals surface area contributed by atoms with Crippen molar-refractivity contribution in [3.63, 3.8) is 0 Å². The molecule has 1 fully saturated rings. The first-order chi connectivity index (χ1) is 11.5. The van der Waals surface area contributed by atoms with Crippen LogP contribution in [0.25, 0.3) is 0 Å². The Bertz CT molecular complexity index is 794. The van der Waals surface area contributed by atoms with Crippen molar-refractivity contribution >= 4 is 27.3 Å². The maximum absolute atomic E-state index is 12.6. The van der Waals surface area contributed by atoms with E-state index in [1.165, 1.54) is 15.6 Å². The van der Waals surface area contributed by atoms with Crippen LogP contribution in [0.15, 0.2) is 35.2 Å². The number of thiazole rings is 1. The fraction of sp³-hybridized carbons (Fsp3) is 0.375. The molecule has 6 nitrogen and oxygen atoms in total. The van der Waals surface area contributed by atoms with E-state index in [2.05, 4.69) is 4.98 Å². The van der Waals surface area contributed by atoms with Crippen LogP contribution < -0.4 is 0 Å². The summed E-state index contributed by atoms with van der Waals surface area (Å²) in [5.74, 6) is -0.139. The highest BCUT2D eigenvalue weighted by Gasteiger charge is 2.29. The molecule has 1 aromatic heterocycles. The monoisotopic (exact) mass is 365 g/mol. The smallest absolute Gasteiger partial charge is 0.273 e. The standard InChI is InChI=1S/C16H19N3O3S2/c1-13-2-4-14(5-3-13)11-24(21,22)19-8-6-18(7-9-19)16(20)15-10-23-12-17-15/h2-5,10,12H,6-9,11H2,1H3. The van der Waals surface area contributed by atoms with E-state index in [4.69, 9.17) is 0 Å². The number of aromatic nitrogens is 1. The molecule has 3 rings (SSSR count). The number of carbonyl (C=O) groups is 1. The second-order valence-corrected chi connectivity index (χ2v) is 8.49. The summed E-state index contributed by atoms with van der Waals surface area (Å²) in [6.45, 7) is 3.40. The zero-order valence-corrected chi connectivity index (χ0v) is 15.0. The number of carbonyl (C=O) groups excluding carboxylic acids is 1. The Labute approximate surface area is 145 Å². The predicted molar refractivity (Wildman–Crippen MR) is 93.4 cm³/mol. The third-order valence-corrected chi connectivity index (χ3v) is 6.48. The summed E-state index contributed by atoms with van der Waals surface area (Å²) in [6, 6.07) is 7.51. The lowest BCUT2D eigenvalue weighted by molar-refractivity contribution is 0.0692. The third-order valence-electron chi connectivity index (χ3n) is 4.04. The first-order valence-electron chi connectivity index (χ1n) is 7.66. The van der Waals surface area contributed by atoms with Crippen LogP contribution in [0.2, 0.25) is 0 Å². The van der Waals surface area contributed by atoms with E-state index in [9.17, 15) is 13.2 Å². The van der Waals surface area contributed by atoms with E-state index in [1.54, 1.807) is 15.8 Å². The minimum absolute atomic E-state index is 0.00663. The van der Waals surface area contributed by atoms with Crippen LogP contribution in [0.1, 0.15) is 21.6 Å². The van der Waals surface area contributed by atoms with E-state index in [0.29, 0.717) is 31.9 Å². The lowest BCUT2D eigenvalue weighted by Gasteiger charge is -2.33. The molecule has 0 atom stereocenters. The van der Waals surface area contributed by atoms with E-state index in [-0.39, 0.29) is 11.7 Å². The largest absolute Gasteiger partial charge is 0.335 e. The first kappa shape index (κ1) is 17.1. The molecule has 0 N–H and O–H groups in total. The number of amides is 1. The second kappa shape index (κ2) is 7.00. The zero-order valence-electron chi connectivity index (χ0n) is 13.4. The highest BCUT2D eigenvalue weighted by Crippen LogP contribution is 2.16. The van der Waals surface area contributed by atoms with Gasteiger partial charge in [-0.05, 0) is 12.5 Å². The molecule has 2 aromatic rings. The number of piperazine rings is 1. The van der Waals surface area contributed by atoms with E-state index in [0.717, 1.165) is 11.1 Å².